The highest BCUT2D eigenvalue weighted by molar-refractivity contribution is 7.18. The number of thiazole rings is 1. The summed E-state index contributed by atoms with van der Waals surface area (Å²) in [4.78, 5) is 4.46. The molecule has 0 N–H and O–H groups in total. The highest BCUT2D eigenvalue weighted by Crippen LogP contribution is 2.29. The van der Waals surface area contributed by atoms with Crippen molar-refractivity contribution < 1.29 is 0 Å². The minimum absolute atomic E-state index is 0.0118. The van der Waals surface area contributed by atoms with Crippen molar-refractivity contribution in [3.05, 3.63) is 28.8 Å². The molecule has 1 atom stereocenters. The van der Waals surface area contributed by atoms with Crippen molar-refractivity contribution in [1.82, 2.24) is 4.98 Å². The SMILES string of the molecule is Cc1ccc2sc(C(C)Cl)nc2c1. The summed E-state index contributed by atoms with van der Waals surface area (Å²) in [6.07, 6.45) is 0. The Morgan fingerprint density at radius 3 is 2.92 bits per heavy atom. The minimum Gasteiger partial charge on any atom is -0.240 e. The van der Waals surface area contributed by atoms with E-state index in [-0.39, 0.29) is 5.38 Å². The van der Waals surface area contributed by atoms with E-state index in [2.05, 4.69) is 30.1 Å². The van der Waals surface area contributed by atoms with Gasteiger partial charge < -0.3 is 0 Å². The molecular weight excluding hydrogens is 202 g/mol. The van der Waals surface area contributed by atoms with E-state index in [1.54, 1.807) is 11.3 Å². The van der Waals surface area contributed by atoms with Gasteiger partial charge in [-0.15, -0.1) is 22.9 Å². The fourth-order valence-electron chi connectivity index (χ4n) is 1.23. The van der Waals surface area contributed by atoms with Crippen LogP contribution in [0.2, 0.25) is 0 Å². The molecule has 0 radical (unpaired) electrons. The molecule has 1 nitrogen and oxygen atoms in total. The molecule has 0 spiro atoms. The summed E-state index contributed by atoms with van der Waals surface area (Å²) >= 11 is 7.63. The van der Waals surface area contributed by atoms with Gasteiger partial charge in [-0.1, -0.05) is 6.07 Å². The molecule has 0 saturated heterocycles. The number of rotatable bonds is 1. The van der Waals surface area contributed by atoms with E-state index in [0.29, 0.717) is 0 Å². The van der Waals surface area contributed by atoms with Gasteiger partial charge in [0.05, 0.1) is 15.6 Å². The summed E-state index contributed by atoms with van der Waals surface area (Å²) in [7, 11) is 0. The Labute approximate surface area is 86.4 Å². The van der Waals surface area contributed by atoms with Crippen LogP contribution < -0.4 is 0 Å². The third-order valence-electron chi connectivity index (χ3n) is 1.90. The molecule has 0 aliphatic rings. The Hall–Kier alpha value is -0.600. The third-order valence-corrected chi connectivity index (χ3v) is 3.46. The number of alkyl halides is 1. The Balaban J connectivity index is 2.62. The summed E-state index contributed by atoms with van der Waals surface area (Å²) < 4.78 is 1.22. The summed E-state index contributed by atoms with van der Waals surface area (Å²) in [5.41, 5.74) is 2.30. The molecule has 3 heteroatoms. The van der Waals surface area contributed by atoms with Gasteiger partial charge in [0.1, 0.15) is 5.01 Å². The molecule has 0 saturated carbocycles. The first-order chi connectivity index (χ1) is 6.16. The van der Waals surface area contributed by atoms with Gasteiger partial charge in [-0.25, -0.2) is 4.98 Å². The molecule has 0 aliphatic heterocycles. The van der Waals surface area contributed by atoms with Crippen LogP contribution in [0.5, 0.6) is 0 Å². The van der Waals surface area contributed by atoms with Gasteiger partial charge in [0.2, 0.25) is 0 Å². The molecule has 1 aromatic heterocycles. The van der Waals surface area contributed by atoms with Crippen molar-refractivity contribution in [2.75, 3.05) is 0 Å². The van der Waals surface area contributed by atoms with Crippen LogP contribution in [0.3, 0.4) is 0 Å². The molecule has 68 valence electrons. The van der Waals surface area contributed by atoms with E-state index in [0.717, 1.165) is 10.5 Å². The van der Waals surface area contributed by atoms with Gasteiger partial charge in [-0.3, -0.25) is 0 Å². The molecule has 0 aliphatic carbocycles. The first kappa shape index (κ1) is 8.97. The molecule has 1 heterocycles. The van der Waals surface area contributed by atoms with E-state index in [9.17, 15) is 0 Å². The van der Waals surface area contributed by atoms with Crippen LogP contribution in [0.15, 0.2) is 18.2 Å². The highest BCUT2D eigenvalue weighted by Gasteiger charge is 2.07. The second kappa shape index (κ2) is 3.28. The van der Waals surface area contributed by atoms with Crippen molar-refractivity contribution in [1.29, 1.82) is 0 Å². The van der Waals surface area contributed by atoms with Crippen molar-refractivity contribution in [3.63, 3.8) is 0 Å². The summed E-state index contributed by atoms with van der Waals surface area (Å²) in [5, 5.41) is 1.01. The number of aryl methyl sites for hydroxylation is 1. The Morgan fingerprint density at radius 2 is 2.23 bits per heavy atom. The van der Waals surface area contributed by atoms with E-state index in [1.165, 1.54) is 10.3 Å². The molecular formula is C10H10ClNS. The maximum absolute atomic E-state index is 5.96. The third kappa shape index (κ3) is 1.69. The predicted molar refractivity (Wildman–Crippen MR) is 58.6 cm³/mol. The summed E-state index contributed by atoms with van der Waals surface area (Å²) in [6, 6.07) is 6.29. The lowest BCUT2D eigenvalue weighted by atomic mass is 10.2. The van der Waals surface area contributed by atoms with Gasteiger partial charge >= 0.3 is 0 Å². The zero-order chi connectivity index (χ0) is 9.42. The zero-order valence-electron chi connectivity index (χ0n) is 7.54. The molecule has 2 aromatic rings. The zero-order valence-corrected chi connectivity index (χ0v) is 9.12. The molecule has 0 bridgehead atoms. The van der Waals surface area contributed by atoms with Crippen molar-refractivity contribution in [2.45, 2.75) is 19.2 Å². The van der Waals surface area contributed by atoms with Crippen molar-refractivity contribution in [3.8, 4) is 0 Å². The summed E-state index contributed by atoms with van der Waals surface area (Å²) in [6.45, 7) is 4.02. The maximum atomic E-state index is 5.96. The van der Waals surface area contributed by atoms with Crippen LogP contribution in [0.1, 0.15) is 22.9 Å². The van der Waals surface area contributed by atoms with Crippen LogP contribution in [0, 0.1) is 6.92 Å². The second-order valence-electron chi connectivity index (χ2n) is 3.14. The smallest absolute Gasteiger partial charge is 0.111 e. The Kier molecular flexibility index (Phi) is 2.26. The number of aromatic nitrogens is 1. The van der Waals surface area contributed by atoms with Crippen LogP contribution in [-0.4, -0.2) is 4.98 Å². The van der Waals surface area contributed by atoms with Crippen molar-refractivity contribution in [2.24, 2.45) is 0 Å². The number of halogens is 1. The predicted octanol–water partition coefficient (Wildman–Crippen LogP) is 3.90. The first-order valence-electron chi connectivity index (χ1n) is 4.18. The lowest BCUT2D eigenvalue weighted by Crippen LogP contribution is -1.79. The number of nitrogens with zero attached hydrogens (tertiary/aromatic N) is 1. The van der Waals surface area contributed by atoms with E-state index in [4.69, 9.17) is 11.6 Å². The lowest BCUT2D eigenvalue weighted by Gasteiger charge is -1.91. The fraction of sp³-hybridized carbons (Fsp3) is 0.300. The summed E-state index contributed by atoms with van der Waals surface area (Å²) in [5.74, 6) is 0. The number of benzene rings is 1. The van der Waals surface area contributed by atoms with Crippen LogP contribution in [0.25, 0.3) is 10.2 Å². The monoisotopic (exact) mass is 211 g/mol. The second-order valence-corrected chi connectivity index (χ2v) is 4.86. The molecule has 2 rings (SSSR count). The average Bonchev–Trinajstić information content (AvgIpc) is 2.46. The first-order valence-corrected chi connectivity index (χ1v) is 5.43. The van der Waals surface area contributed by atoms with Gasteiger partial charge in [0, 0.05) is 0 Å². The Morgan fingerprint density at radius 1 is 1.46 bits per heavy atom. The Bertz CT molecular complexity index is 433. The fourth-order valence-corrected chi connectivity index (χ4v) is 2.28. The van der Waals surface area contributed by atoms with Gasteiger partial charge in [-0.2, -0.15) is 0 Å². The molecule has 13 heavy (non-hydrogen) atoms. The number of hydrogen-bond donors (Lipinski definition) is 0. The van der Waals surface area contributed by atoms with E-state index >= 15 is 0 Å². The molecule has 1 unspecified atom stereocenters. The van der Waals surface area contributed by atoms with Gasteiger partial charge in [-0.05, 0) is 31.5 Å². The standard InChI is InChI=1S/C10H10ClNS/c1-6-3-4-9-8(5-6)12-10(13-9)7(2)11/h3-5,7H,1-2H3. The average molecular weight is 212 g/mol. The van der Waals surface area contributed by atoms with Crippen LogP contribution >= 0.6 is 22.9 Å². The quantitative estimate of drug-likeness (QED) is 0.652. The maximum Gasteiger partial charge on any atom is 0.111 e. The van der Waals surface area contributed by atoms with Gasteiger partial charge in [0.25, 0.3) is 0 Å². The number of fused-ring (bicyclic) bond motifs is 1. The molecule has 0 fully saturated rings. The van der Waals surface area contributed by atoms with Crippen LogP contribution in [0.4, 0.5) is 0 Å². The highest BCUT2D eigenvalue weighted by atomic mass is 35.5. The van der Waals surface area contributed by atoms with E-state index in [1.807, 2.05) is 6.92 Å². The number of hydrogen-bond acceptors (Lipinski definition) is 2. The van der Waals surface area contributed by atoms with E-state index < -0.39 is 0 Å². The molecule has 0 amide bonds. The van der Waals surface area contributed by atoms with Crippen LogP contribution in [-0.2, 0) is 0 Å². The largest absolute Gasteiger partial charge is 0.240 e. The normalized spacial score (nSPS) is 13.5. The van der Waals surface area contributed by atoms with Gasteiger partial charge in [0.15, 0.2) is 0 Å². The minimum atomic E-state index is 0.0118. The van der Waals surface area contributed by atoms with Crippen molar-refractivity contribution >= 4 is 33.2 Å². The molecule has 1 aromatic carbocycles. The topological polar surface area (TPSA) is 12.9 Å². The lowest BCUT2D eigenvalue weighted by molar-refractivity contribution is 1.06.